The first-order chi connectivity index (χ1) is 9.63. The topological polar surface area (TPSA) is 79.8 Å². The summed E-state index contributed by atoms with van der Waals surface area (Å²) in [7, 11) is 0. The maximum atomic E-state index is 12.1. The number of amides is 1. The number of ether oxygens (including phenoxy) is 2. The number of aliphatic hydroxyl groups is 1. The van der Waals surface area contributed by atoms with Gasteiger partial charge in [-0.1, -0.05) is 11.6 Å². The van der Waals surface area contributed by atoms with Gasteiger partial charge in [0.25, 0.3) is 0 Å². The number of hydrogen-bond acceptors (Lipinski definition) is 5. The number of aliphatic hydroxyl groups excluding tert-OH is 1. The van der Waals surface area contributed by atoms with Gasteiger partial charge in [-0.25, -0.2) is 0 Å². The zero-order valence-corrected chi connectivity index (χ0v) is 11.4. The van der Waals surface area contributed by atoms with Crippen molar-refractivity contribution < 1.29 is 19.4 Å². The van der Waals surface area contributed by atoms with E-state index in [-0.39, 0.29) is 5.91 Å². The fourth-order valence-electron chi connectivity index (χ4n) is 2.30. The van der Waals surface area contributed by atoms with Crippen LogP contribution in [0.5, 0.6) is 11.5 Å². The molecule has 2 aliphatic heterocycles. The Morgan fingerprint density at radius 2 is 2.05 bits per heavy atom. The monoisotopic (exact) mass is 298 g/mol. The van der Waals surface area contributed by atoms with Crippen molar-refractivity contribution in [1.82, 2.24) is 5.32 Å². The molecule has 0 spiro atoms. The van der Waals surface area contributed by atoms with E-state index in [1.807, 2.05) is 0 Å². The highest BCUT2D eigenvalue weighted by atomic mass is 35.5. The van der Waals surface area contributed by atoms with Crippen molar-refractivity contribution in [3.63, 3.8) is 0 Å². The normalized spacial score (nSPS) is 24.5. The molecule has 3 N–H and O–H groups in total. The number of rotatable bonds is 2. The standard InChI is InChI=1S/C13H15ClN2O4/c14-8-4-11-12(20-2-1-19-11)5-9(8)16-13(18)10-3-7(17)6-15-10/h4-5,7,10,15,17H,1-3,6H2,(H,16,18). The van der Waals surface area contributed by atoms with Crippen molar-refractivity contribution in [2.75, 3.05) is 25.1 Å². The van der Waals surface area contributed by atoms with Crippen LogP contribution in [0.25, 0.3) is 0 Å². The minimum absolute atomic E-state index is 0.222. The number of fused-ring (bicyclic) bond motifs is 1. The van der Waals surface area contributed by atoms with Crippen molar-refractivity contribution in [2.24, 2.45) is 0 Å². The highest BCUT2D eigenvalue weighted by molar-refractivity contribution is 6.34. The fourth-order valence-corrected chi connectivity index (χ4v) is 2.50. The third-order valence-electron chi connectivity index (χ3n) is 3.31. The summed E-state index contributed by atoms with van der Waals surface area (Å²) < 4.78 is 10.9. The molecule has 2 unspecified atom stereocenters. The van der Waals surface area contributed by atoms with Crippen molar-refractivity contribution in [3.8, 4) is 11.5 Å². The summed E-state index contributed by atoms with van der Waals surface area (Å²) in [5.41, 5.74) is 0.476. The van der Waals surface area contributed by atoms with Gasteiger partial charge in [-0.2, -0.15) is 0 Å². The molecule has 20 heavy (non-hydrogen) atoms. The molecule has 7 heteroatoms. The number of benzene rings is 1. The molecule has 0 aromatic heterocycles. The van der Waals surface area contributed by atoms with Crippen molar-refractivity contribution in [3.05, 3.63) is 17.2 Å². The number of hydrogen-bond donors (Lipinski definition) is 3. The van der Waals surface area contributed by atoms with Gasteiger partial charge in [0.1, 0.15) is 13.2 Å². The van der Waals surface area contributed by atoms with Crippen LogP contribution in [0.1, 0.15) is 6.42 Å². The molecule has 2 atom stereocenters. The molecule has 3 rings (SSSR count). The summed E-state index contributed by atoms with van der Waals surface area (Å²) in [4.78, 5) is 12.1. The first-order valence-corrected chi connectivity index (χ1v) is 6.83. The first-order valence-electron chi connectivity index (χ1n) is 6.45. The van der Waals surface area contributed by atoms with Crippen LogP contribution in [0.15, 0.2) is 12.1 Å². The Hall–Kier alpha value is -1.50. The second kappa shape index (κ2) is 5.47. The molecule has 0 saturated carbocycles. The number of carbonyl (C=O) groups excluding carboxylic acids is 1. The molecule has 1 amide bonds. The van der Waals surface area contributed by atoms with Gasteiger partial charge in [0.15, 0.2) is 11.5 Å². The summed E-state index contributed by atoms with van der Waals surface area (Å²) in [5.74, 6) is 0.921. The summed E-state index contributed by atoms with van der Waals surface area (Å²) >= 11 is 6.12. The lowest BCUT2D eigenvalue weighted by molar-refractivity contribution is -0.117. The molecule has 2 aliphatic rings. The summed E-state index contributed by atoms with van der Waals surface area (Å²) in [6, 6.07) is 2.87. The van der Waals surface area contributed by atoms with E-state index < -0.39 is 12.1 Å². The minimum Gasteiger partial charge on any atom is -0.486 e. The van der Waals surface area contributed by atoms with Gasteiger partial charge >= 0.3 is 0 Å². The Morgan fingerprint density at radius 1 is 1.35 bits per heavy atom. The highest BCUT2D eigenvalue weighted by Gasteiger charge is 2.28. The van der Waals surface area contributed by atoms with Crippen molar-refractivity contribution >= 4 is 23.2 Å². The van der Waals surface area contributed by atoms with Gasteiger partial charge in [-0.15, -0.1) is 0 Å². The second-order valence-corrected chi connectivity index (χ2v) is 5.22. The van der Waals surface area contributed by atoms with Gasteiger partial charge < -0.3 is 25.2 Å². The van der Waals surface area contributed by atoms with Crippen LogP contribution >= 0.6 is 11.6 Å². The lowest BCUT2D eigenvalue weighted by Crippen LogP contribution is -2.35. The zero-order chi connectivity index (χ0) is 14.1. The molecule has 0 bridgehead atoms. The van der Waals surface area contributed by atoms with E-state index in [2.05, 4.69) is 10.6 Å². The van der Waals surface area contributed by atoms with Crippen LogP contribution in [0, 0.1) is 0 Å². The molecular weight excluding hydrogens is 284 g/mol. The number of nitrogens with one attached hydrogen (secondary N) is 2. The Bertz CT molecular complexity index is 537. The lowest BCUT2D eigenvalue weighted by atomic mass is 10.2. The Labute approximate surface area is 121 Å². The summed E-state index contributed by atoms with van der Waals surface area (Å²) in [6.45, 7) is 1.38. The highest BCUT2D eigenvalue weighted by Crippen LogP contribution is 2.38. The maximum absolute atomic E-state index is 12.1. The van der Waals surface area contributed by atoms with Crippen LogP contribution in [0.4, 0.5) is 5.69 Å². The number of β-amino-alcohol motifs (C(OH)–C–C–N with tert-alkyl or cyclic N) is 1. The molecule has 1 aromatic carbocycles. The quantitative estimate of drug-likeness (QED) is 0.752. The van der Waals surface area contributed by atoms with Crippen LogP contribution in [-0.4, -0.2) is 42.9 Å². The Kier molecular flexibility index (Phi) is 3.69. The van der Waals surface area contributed by atoms with Gasteiger partial charge in [0.2, 0.25) is 5.91 Å². The van der Waals surface area contributed by atoms with E-state index in [9.17, 15) is 9.90 Å². The molecular formula is C13H15ClN2O4. The van der Waals surface area contributed by atoms with Gasteiger partial charge in [-0.05, 0) is 6.42 Å². The fraction of sp³-hybridized carbons (Fsp3) is 0.462. The van der Waals surface area contributed by atoms with E-state index in [0.717, 1.165) is 0 Å². The number of anilines is 1. The maximum Gasteiger partial charge on any atom is 0.241 e. The molecule has 6 nitrogen and oxygen atoms in total. The molecule has 0 aliphatic carbocycles. The molecule has 0 radical (unpaired) electrons. The predicted molar refractivity (Wildman–Crippen MR) is 73.5 cm³/mol. The molecule has 1 aromatic rings. The van der Waals surface area contributed by atoms with Crippen molar-refractivity contribution in [1.29, 1.82) is 0 Å². The molecule has 108 valence electrons. The average molecular weight is 299 g/mol. The van der Waals surface area contributed by atoms with Crippen LogP contribution < -0.4 is 20.1 Å². The van der Waals surface area contributed by atoms with Crippen LogP contribution in [-0.2, 0) is 4.79 Å². The van der Waals surface area contributed by atoms with Gasteiger partial charge in [0.05, 0.1) is 22.9 Å². The SMILES string of the molecule is O=C(Nc1cc2c(cc1Cl)OCCO2)C1CC(O)CN1. The summed E-state index contributed by atoms with van der Waals surface area (Å²) in [6.07, 6.45) is -0.0879. The van der Waals surface area contributed by atoms with E-state index in [1.165, 1.54) is 0 Å². The molecule has 2 heterocycles. The van der Waals surface area contributed by atoms with E-state index in [4.69, 9.17) is 21.1 Å². The molecule has 1 saturated heterocycles. The third kappa shape index (κ3) is 2.67. The van der Waals surface area contributed by atoms with E-state index in [0.29, 0.717) is 48.4 Å². The lowest BCUT2D eigenvalue weighted by Gasteiger charge is -2.20. The minimum atomic E-state index is -0.485. The first kappa shape index (κ1) is 13.5. The van der Waals surface area contributed by atoms with Crippen molar-refractivity contribution in [2.45, 2.75) is 18.6 Å². The second-order valence-electron chi connectivity index (χ2n) is 4.82. The van der Waals surface area contributed by atoms with Crippen LogP contribution in [0.3, 0.4) is 0 Å². The predicted octanol–water partition coefficient (Wildman–Crippen LogP) is 0.772. The van der Waals surface area contributed by atoms with Crippen LogP contribution in [0.2, 0.25) is 5.02 Å². The number of carbonyl (C=O) groups is 1. The third-order valence-corrected chi connectivity index (χ3v) is 3.63. The largest absolute Gasteiger partial charge is 0.486 e. The van der Waals surface area contributed by atoms with Gasteiger partial charge in [0, 0.05) is 18.7 Å². The van der Waals surface area contributed by atoms with E-state index >= 15 is 0 Å². The smallest absolute Gasteiger partial charge is 0.241 e. The number of halogens is 1. The Balaban J connectivity index is 1.75. The van der Waals surface area contributed by atoms with E-state index in [1.54, 1.807) is 12.1 Å². The zero-order valence-electron chi connectivity index (χ0n) is 10.7. The Morgan fingerprint density at radius 3 is 2.70 bits per heavy atom. The average Bonchev–Trinajstić information content (AvgIpc) is 2.86. The molecule has 1 fully saturated rings. The summed E-state index contributed by atoms with van der Waals surface area (Å²) in [5, 5.41) is 15.5. The van der Waals surface area contributed by atoms with Gasteiger partial charge in [-0.3, -0.25) is 4.79 Å².